The predicted octanol–water partition coefficient (Wildman–Crippen LogP) is 2.81. The van der Waals surface area contributed by atoms with E-state index < -0.39 is 0 Å². The van der Waals surface area contributed by atoms with Gasteiger partial charge in [-0.25, -0.2) is 0 Å². The maximum atomic E-state index is 12.7. The molecular weight excluding hydrogens is 299 g/mol. The predicted molar refractivity (Wildman–Crippen MR) is 80.7 cm³/mol. The second-order valence-corrected chi connectivity index (χ2v) is 5.92. The van der Waals surface area contributed by atoms with E-state index >= 15 is 0 Å². The van der Waals surface area contributed by atoms with Gasteiger partial charge in [0.1, 0.15) is 5.75 Å². The topological polar surface area (TPSA) is 55.6 Å². The molecule has 1 heterocycles. The van der Waals surface area contributed by atoms with E-state index in [0.29, 0.717) is 40.4 Å². The molecule has 1 aliphatic heterocycles. The fourth-order valence-corrected chi connectivity index (χ4v) is 2.93. The van der Waals surface area contributed by atoms with Crippen LogP contribution in [0, 0.1) is 5.92 Å². The number of amides is 1. The summed E-state index contributed by atoms with van der Waals surface area (Å²) in [5, 5.41) is 0.715. The molecule has 2 N–H and O–H groups in total. The molecule has 0 radical (unpaired) electrons. The lowest BCUT2D eigenvalue weighted by molar-refractivity contribution is 0.0740. The number of halogens is 2. The second kappa shape index (κ2) is 6.20. The molecule has 1 aromatic carbocycles. The van der Waals surface area contributed by atoms with Crippen LogP contribution >= 0.6 is 23.2 Å². The van der Waals surface area contributed by atoms with Gasteiger partial charge < -0.3 is 15.4 Å². The second-order valence-electron chi connectivity index (χ2n) is 5.11. The number of methoxy groups -OCH3 is 1. The van der Waals surface area contributed by atoms with Crippen LogP contribution < -0.4 is 10.5 Å². The van der Waals surface area contributed by atoms with E-state index in [9.17, 15) is 4.79 Å². The molecule has 2 atom stereocenters. The van der Waals surface area contributed by atoms with E-state index in [1.165, 1.54) is 7.11 Å². The van der Waals surface area contributed by atoms with Crippen molar-refractivity contribution in [2.24, 2.45) is 11.7 Å². The Morgan fingerprint density at radius 2 is 2.10 bits per heavy atom. The highest BCUT2D eigenvalue weighted by Crippen LogP contribution is 2.33. The van der Waals surface area contributed by atoms with Gasteiger partial charge in [-0.2, -0.15) is 0 Å². The Labute approximate surface area is 128 Å². The van der Waals surface area contributed by atoms with E-state index in [1.54, 1.807) is 12.1 Å². The Morgan fingerprint density at radius 3 is 2.65 bits per heavy atom. The molecule has 1 saturated heterocycles. The van der Waals surface area contributed by atoms with Crippen LogP contribution in [0.2, 0.25) is 10.0 Å². The summed E-state index contributed by atoms with van der Waals surface area (Å²) in [5.74, 6) is 0.694. The summed E-state index contributed by atoms with van der Waals surface area (Å²) < 4.78 is 5.23. The number of nitrogens with zero attached hydrogens (tertiary/aromatic N) is 1. The molecule has 4 nitrogen and oxygen atoms in total. The lowest BCUT2D eigenvalue weighted by Gasteiger charge is -2.23. The number of ether oxygens (including phenoxy) is 1. The fourth-order valence-electron chi connectivity index (χ4n) is 2.62. The van der Waals surface area contributed by atoms with Gasteiger partial charge in [-0.3, -0.25) is 4.79 Å². The number of hydrogen-bond donors (Lipinski definition) is 1. The minimum atomic E-state index is -0.0936. The van der Waals surface area contributed by atoms with Gasteiger partial charge in [-0.15, -0.1) is 0 Å². The maximum absolute atomic E-state index is 12.7. The molecule has 2 rings (SSSR count). The van der Waals surface area contributed by atoms with Crippen LogP contribution in [0.4, 0.5) is 0 Å². The summed E-state index contributed by atoms with van der Waals surface area (Å²) >= 11 is 12.0. The average molecular weight is 317 g/mol. The summed E-state index contributed by atoms with van der Waals surface area (Å²) in [6.07, 6.45) is 0.922. The molecule has 1 aromatic rings. The number of benzene rings is 1. The first kappa shape index (κ1) is 15.4. The standard InChI is InChI=1S/C14H18Cl2N2O2/c1-8-3-9(6-17)7-18(8)14(19)10-4-11(15)12(16)5-13(10)20-2/h4-5,8-9H,3,6-7,17H2,1-2H3. The Morgan fingerprint density at radius 1 is 1.45 bits per heavy atom. The molecule has 0 spiro atoms. The Hall–Kier alpha value is -0.970. The summed E-state index contributed by atoms with van der Waals surface area (Å²) in [4.78, 5) is 14.5. The van der Waals surface area contributed by atoms with Crippen molar-refractivity contribution in [3.05, 3.63) is 27.7 Å². The van der Waals surface area contributed by atoms with Crippen molar-refractivity contribution >= 4 is 29.1 Å². The monoisotopic (exact) mass is 316 g/mol. The zero-order valence-corrected chi connectivity index (χ0v) is 13.0. The van der Waals surface area contributed by atoms with Crippen molar-refractivity contribution in [1.29, 1.82) is 0 Å². The normalized spacial score (nSPS) is 22.1. The van der Waals surface area contributed by atoms with Crippen LogP contribution in [0.25, 0.3) is 0 Å². The van der Waals surface area contributed by atoms with Gasteiger partial charge in [-0.05, 0) is 31.9 Å². The van der Waals surface area contributed by atoms with Crippen molar-refractivity contribution in [3.8, 4) is 5.75 Å². The van der Waals surface area contributed by atoms with Gasteiger partial charge in [0, 0.05) is 18.7 Å². The molecule has 1 fully saturated rings. The highest BCUT2D eigenvalue weighted by molar-refractivity contribution is 6.42. The van der Waals surface area contributed by atoms with Crippen LogP contribution in [0.15, 0.2) is 12.1 Å². The van der Waals surface area contributed by atoms with Crippen molar-refractivity contribution in [2.45, 2.75) is 19.4 Å². The largest absolute Gasteiger partial charge is 0.496 e. The quantitative estimate of drug-likeness (QED) is 0.933. The van der Waals surface area contributed by atoms with Crippen LogP contribution in [-0.2, 0) is 0 Å². The molecule has 0 saturated carbocycles. The summed E-state index contributed by atoms with van der Waals surface area (Å²) in [7, 11) is 1.51. The highest BCUT2D eigenvalue weighted by Gasteiger charge is 2.33. The third kappa shape index (κ3) is 2.87. The Bertz CT molecular complexity index is 522. The van der Waals surface area contributed by atoms with E-state index in [-0.39, 0.29) is 11.9 Å². The van der Waals surface area contributed by atoms with Crippen molar-refractivity contribution in [2.75, 3.05) is 20.2 Å². The lowest BCUT2D eigenvalue weighted by Crippen LogP contribution is -2.34. The number of rotatable bonds is 3. The first-order chi connectivity index (χ1) is 9.47. The van der Waals surface area contributed by atoms with Crippen LogP contribution in [0.5, 0.6) is 5.75 Å². The zero-order chi connectivity index (χ0) is 14.9. The first-order valence-electron chi connectivity index (χ1n) is 6.52. The highest BCUT2D eigenvalue weighted by atomic mass is 35.5. The SMILES string of the molecule is COc1cc(Cl)c(Cl)cc1C(=O)N1CC(CN)CC1C. The molecule has 110 valence electrons. The number of carbonyl (C=O) groups is 1. The number of nitrogens with two attached hydrogens (primary N) is 1. The molecule has 1 amide bonds. The molecule has 6 heteroatoms. The molecule has 0 aliphatic carbocycles. The van der Waals surface area contributed by atoms with Gasteiger partial charge in [0.15, 0.2) is 0 Å². The molecule has 20 heavy (non-hydrogen) atoms. The molecule has 0 aromatic heterocycles. The minimum Gasteiger partial charge on any atom is -0.496 e. The van der Waals surface area contributed by atoms with Gasteiger partial charge in [0.25, 0.3) is 5.91 Å². The molecule has 2 unspecified atom stereocenters. The van der Waals surface area contributed by atoms with Crippen molar-refractivity contribution in [3.63, 3.8) is 0 Å². The molecule has 0 bridgehead atoms. The van der Waals surface area contributed by atoms with Gasteiger partial charge in [0.2, 0.25) is 0 Å². The molecule has 1 aliphatic rings. The summed E-state index contributed by atoms with van der Waals surface area (Å²) in [6.45, 7) is 3.28. The Balaban J connectivity index is 2.32. The van der Waals surface area contributed by atoms with Gasteiger partial charge in [0.05, 0.1) is 22.7 Å². The van der Waals surface area contributed by atoms with Crippen molar-refractivity contribution in [1.82, 2.24) is 4.90 Å². The summed E-state index contributed by atoms with van der Waals surface area (Å²) in [6, 6.07) is 3.29. The third-order valence-corrected chi connectivity index (χ3v) is 4.45. The third-order valence-electron chi connectivity index (χ3n) is 3.73. The van der Waals surface area contributed by atoms with Crippen LogP contribution in [-0.4, -0.2) is 37.0 Å². The minimum absolute atomic E-state index is 0.0936. The molecular formula is C14H18Cl2N2O2. The van der Waals surface area contributed by atoms with E-state index in [0.717, 1.165) is 6.42 Å². The number of carbonyl (C=O) groups excluding carboxylic acids is 1. The van der Waals surface area contributed by atoms with Crippen LogP contribution in [0.3, 0.4) is 0 Å². The van der Waals surface area contributed by atoms with E-state index in [1.807, 2.05) is 11.8 Å². The van der Waals surface area contributed by atoms with Gasteiger partial charge >= 0.3 is 0 Å². The maximum Gasteiger partial charge on any atom is 0.257 e. The van der Waals surface area contributed by atoms with Crippen molar-refractivity contribution < 1.29 is 9.53 Å². The number of hydrogen-bond acceptors (Lipinski definition) is 3. The fraction of sp³-hybridized carbons (Fsp3) is 0.500. The van der Waals surface area contributed by atoms with E-state index in [4.69, 9.17) is 33.7 Å². The first-order valence-corrected chi connectivity index (χ1v) is 7.27. The smallest absolute Gasteiger partial charge is 0.257 e. The van der Waals surface area contributed by atoms with Gasteiger partial charge in [-0.1, -0.05) is 23.2 Å². The average Bonchev–Trinajstić information content (AvgIpc) is 2.81. The summed E-state index contributed by atoms with van der Waals surface area (Å²) in [5.41, 5.74) is 6.13. The number of likely N-dealkylation sites (tertiary alicyclic amines) is 1. The van der Waals surface area contributed by atoms with Crippen LogP contribution in [0.1, 0.15) is 23.7 Å². The lowest BCUT2D eigenvalue weighted by atomic mass is 10.1. The zero-order valence-electron chi connectivity index (χ0n) is 11.5. The van der Waals surface area contributed by atoms with E-state index in [2.05, 4.69) is 0 Å². The Kier molecular flexibility index (Phi) is 4.78.